The Bertz CT molecular complexity index is 1190. The highest BCUT2D eigenvalue weighted by atomic mass is 16.5. The van der Waals surface area contributed by atoms with Crippen LogP contribution in [0.1, 0.15) is 11.1 Å². The number of ether oxygens (including phenoxy) is 1. The number of nitrogens with one attached hydrogen (secondary N) is 1. The van der Waals surface area contributed by atoms with Crippen LogP contribution in [0.15, 0.2) is 54.9 Å². The van der Waals surface area contributed by atoms with Crippen molar-refractivity contribution in [1.29, 1.82) is 0 Å². The van der Waals surface area contributed by atoms with E-state index in [4.69, 9.17) is 4.74 Å². The van der Waals surface area contributed by atoms with Gasteiger partial charge in [-0.3, -0.25) is 0 Å². The van der Waals surface area contributed by atoms with Gasteiger partial charge in [0.05, 0.1) is 7.11 Å². The topological polar surface area (TPSA) is 87.8 Å². The molecule has 1 aliphatic rings. The van der Waals surface area contributed by atoms with Crippen LogP contribution in [-0.2, 0) is 13.0 Å². The molecule has 0 aliphatic carbocycles. The fraction of sp³-hybridized carbons (Fsp3) is 0.190. The van der Waals surface area contributed by atoms with Crippen molar-refractivity contribution in [3.63, 3.8) is 0 Å². The Morgan fingerprint density at radius 2 is 2.00 bits per heavy atom. The Morgan fingerprint density at radius 3 is 2.86 bits per heavy atom. The van der Waals surface area contributed by atoms with E-state index in [1.807, 2.05) is 0 Å². The molecule has 4 aromatic rings. The zero-order valence-electron chi connectivity index (χ0n) is 15.9. The van der Waals surface area contributed by atoms with Crippen LogP contribution < -0.4 is 15.0 Å². The molecule has 0 unspecified atom stereocenters. The number of hydrogen-bond donors (Lipinski definition) is 2. The number of nitrogens with zero attached hydrogens (tertiary/aromatic N) is 5. The predicted octanol–water partition coefficient (Wildman–Crippen LogP) is 3.14. The van der Waals surface area contributed by atoms with Gasteiger partial charge in [0, 0.05) is 49.4 Å². The van der Waals surface area contributed by atoms with Gasteiger partial charge >= 0.3 is 0 Å². The number of methoxy groups -OCH3 is 1. The smallest absolute Gasteiger partial charge is 0.247 e. The number of rotatable bonds is 4. The molecular formula is C21H20N6O2. The van der Waals surface area contributed by atoms with Gasteiger partial charge in [0.1, 0.15) is 11.5 Å². The minimum atomic E-state index is 0.102. The maximum atomic E-state index is 9.85. The molecule has 5 rings (SSSR count). The zero-order valence-corrected chi connectivity index (χ0v) is 15.9. The molecule has 0 saturated carbocycles. The number of fused-ring (bicyclic) bond motifs is 2. The molecular weight excluding hydrogens is 368 g/mol. The van der Waals surface area contributed by atoms with Gasteiger partial charge in [-0.1, -0.05) is 24.3 Å². The third-order valence-corrected chi connectivity index (χ3v) is 5.05. The molecule has 0 fully saturated rings. The highest BCUT2D eigenvalue weighted by molar-refractivity contribution is 5.68. The van der Waals surface area contributed by atoms with Crippen LogP contribution in [0.2, 0.25) is 0 Å². The third kappa shape index (κ3) is 3.29. The number of aromatic nitrogens is 4. The monoisotopic (exact) mass is 388 g/mol. The van der Waals surface area contributed by atoms with Gasteiger partial charge in [0.25, 0.3) is 0 Å². The largest absolute Gasteiger partial charge is 0.508 e. The standard InChI is InChI=1S/C21H20N6O2/c1-29-18-11-16(10-17(28)12-18)23-21-24-20-19(22-7-9-27(20)25-21)26-8-6-14-4-2-3-5-15(14)13-26/h2-5,7,9-12,28H,6,8,13H2,1H3,(H,23,25). The fourth-order valence-corrected chi connectivity index (χ4v) is 3.66. The van der Waals surface area contributed by atoms with Crippen molar-refractivity contribution >= 4 is 23.1 Å². The highest BCUT2D eigenvalue weighted by Crippen LogP contribution is 2.28. The number of anilines is 3. The van der Waals surface area contributed by atoms with E-state index in [0.717, 1.165) is 25.3 Å². The first-order valence-corrected chi connectivity index (χ1v) is 9.38. The summed E-state index contributed by atoms with van der Waals surface area (Å²) in [5.41, 5.74) is 4.02. The number of aromatic hydroxyl groups is 1. The molecule has 0 atom stereocenters. The summed E-state index contributed by atoms with van der Waals surface area (Å²) in [5.74, 6) is 1.87. The Balaban J connectivity index is 1.47. The number of phenols is 1. The first-order valence-electron chi connectivity index (χ1n) is 9.38. The molecule has 0 spiro atoms. The van der Waals surface area contributed by atoms with Crippen LogP contribution in [0.5, 0.6) is 11.5 Å². The summed E-state index contributed by atoms with van der Waals surface area (Å²) in [6.07, 6.45) is 4.48. The van der Waals surface area contributed by atoms with Crippen LogP contribution in [0, 0.1) is 0 Å². The van der Waals surface area contributed by atoms with Crippen molar-refractivity contribution < 1.29 is 9.84 Å². The van der Waals surface area contributed by atoms with Crippen molar-refractivity contribution in [2.24, 2.45) is 0 Å². The van der Waals surface area contributed by atoms with E-state index < -0.39 is 0 Å². The van der Waals surface area contributed by atoms with Gasteiger partial charge in [-0.25, -0.2) is 9.50 Å². The molecule has 0 bridgehead atoms. The quantitative estimate of drug-likeness (QED) is 0.555. The molecule has 2 N–H and O–H groups in total. The second kappa shape index (κ2) is 6.97. The molecule has 0 saturated heterocycles. The van der Waals surface area contributed by atoms with Crippen molar-refractivity contribution in [3.05, 3.63) is 66.0 Å². The maximum absolute atomic E-state index is 9.85. The SMILES string of the molecule is COc1cc(O)cc(Nc2nc3c(N4CCc5ccccc5C4)nccn3n2)c1. The summed E-state index contributed by atoms with van der Waals surface area (Å²) in [4.78, 5) is 11.4. The summed E-state index contributed by atoms with van der Waals surface area (Å²) in [6.45, 7) is 1.67. The van der Waals surface area contributed by atoms with Crippen LogP contribution in [0.4, 0.5) is 17.5 Å². The fourth-order valence-electron chi connectivity index (χ4n) is 3.66. The van der Waals surface area contributed by atoms with E-state index in [0.29, 0.717) is 23.0 Å². The summed E-state index contributed by atoms with van der Waals surface area (Å²) in [7, 11) is 1.55. The third-order valence-electron chi connectivity index (χ3n) is 5.05. The van der Waals surface area contributed by atoms with Crippen molar-refractivity contribution in [2.45, 2.75) is 13.0 Å². The van der Waals surface area contributed by atoms with Crippen LogP contribution in [0.3, 0.4) is 0 Å². The summed E-state index contributed by atoms with van der Waals surface area (Å²) < 4.78 is 6.91. The predicted molar refractivity (Wildman–Crippen MR) is 110 cm³/mol. The molecule has 2 aromatic heterocycles. The summed E-state index contributed by atoms with van der Waals surface area (Å²) >= 11 is 0. The minimum absolute atomic E-state index is 0.102. The first-order chi connectivity index (χ1) is 14.2. The zero-order chi connectivity index (χ0) is 19.8. The van der Waals surface area contributed by atoms with E-state index in [-0.39, 0.29) is 5.75 Å². The second-order valence-corrected chi connectivity index (χ2v) is 6.94. The van der Waals surface area contributed by atoms with Gasteiger partial charge in [-0.15, -0.1) is 5.10 Å². The number of phenolic OH excluding ortho intramolecular Hbond substituents is 1. The van der Waals surface area contributed by atoms with Crippen LogP contribution in [-0.4, -0.2) is 38.3 Å². The lowest BCUT2D eigenvalue weighted by Crippen LogP contribution is -2.31. The van der Waals surface area contributed by atoms with E-state index in [9.17, 15) is 5.11 Å². The summed E-state index contributed by atoms with van der Waals surface area (Å²) in [5, 5.41) is 17.5. The average Bonchev–Trinajstić information content (AvgIpc) is 3.15. The molecule has 29 heavy (non-hydrogen) atoms. The summed E-state index contributed by atoms with van der Waals surface area (Å²) in [6, 6.07) is 13.4. The molecule has 0 radical (unpaired) electrons. The normalized spacial score (nSPS) is 13.3. The van der Waals surface area contributed by atoms with Gasteiger partial charge in [-0.05, 0) is 17.5 Å². The molecule has 146 valence electrons. The Labute approximate surface area is 167 Å². The average molecular weight is 388 g/mol. The van der Waals surface area contributed by atoms with E-state index in [1.165, 1.54) is 11.1 Å². The van der Waals surface area contributed by atoms with Crippen molar-refractivity contribution in [1.82, 2.24) is 19.6 Å². The Kier molecular flexibility index (Phi) is 4.16. The van der Waals surface area contributed by atoms with Crippen LogP contribution in [0.25, 0.3) is 5.65 Å². The lowest BCUT2D eigenvalue weighted by atomic mass is 10.00. The highest BCUT2D eigenvalue weighted by Gasteiger charge is 2.21. The molecule has 2 aromatic carbocycles. The number of hydrogen-bond acceptors (Lipinski definition) is 7. The molecule has 8 nitrogen and oxygen atoms in total. The second-order valence-electron chi connectivity index (χ2n) is 6.94. The van der Waals surface area contributed by atoms with E-state index >= 15 is 0 Å². The van der Waals surface area contributed by atoms with Crippen LogP contribution >= 0.6 is 0 Å². The van der Waals surface area contributed by atoms with Gasteiger partial charge in [-0.2, -0.15) is 4.98 Å². The Hall–Kier alpha value is -3.81. The molecule has 8 heteroatoms. The number of benzene rings is 2. The first kappa shape index (κ1) is 17.3. The van der Waals surface area contributed by atoms with Crippen molar-refractivity contribution in [3.8, 4) is 11.5 Å². The van der Waals surface area contributed by atoms with Gasteiger partial charge < -0.3 is 20.1 Å². The lowest BCUT2D eigenvalue weighted by molar-refractivity contribution is 0.408. The minimum Gasteiger partial charge on any atom is -0.508 e. The molecule has 0 amide bonds. The Morgan fingerprint density at radius 1 is 1.14 bits per heavy atom. The van der Waals surface area contributed by atoms with Crippen molar-refractivity contribution in [2.75, 3.05) is 23.9 Å². The molecule has 3 heterocycles. The lowest BCUT2D eigenvalue weighted by Gasteiger charge is -2.29. The van der Waals surface area contributed by atoms with E-state index in [1.54, 1.807) is 42.2 Å². The van der Waals surface area contributed by atoms with Gasteiger partial charge in [0.15, 0.2) is 11.5 Å². The molecule has 1 aliphatic heterocycles. The maximum Gasteiger partial charge on any atom is 0.247 e. The van der Waals surface area contributed by atoms with Gasteiger partial charge in [0.2, 0.25) is 5.95 Å². The van der Waals surface area contributed by atoms with E-state index in [2.05, 4.69) is 49.5 Å².